The molecule has 0 aliphatic heterocycles. The van der Waals surface area contributed by atoms with Crippen LogP contribution in [0.4, 0.5) is 0 Å². The van der Waals surface area contributed by atoms with Gasteiger partial charge in [0.15, 0.2) is 5.78 Å². The number of benzene rings is 4. The average molecular weight is 446 g/mol. The summed E-state index contributed by atoms with van der Waals surface area (Å²) in [5, 5.41) is 19.0. The predicted octanol–water partition coefficient (Wildman–Crippen LogP) is 5.42. The Balaban J connectivity index is 1.32. The summed E-state index contributed by atoms with van der Waals surface area (Å²) in [5.74, 6) is 1.61. The topological polar surface area (TPSA) is 115 Å². The van der Waals surface area contributed by atoms with Crippen LogP contribution >= 0.6 is 0 Å². The molecule has 4 aromatic carbocycles. The monoisotopic (exact) mass is 446 g/mol. The van der Waals surface area contributed by atoms with Gasteiger partial charge in [0, 0.05) is 22.3 Å². The zero-order chi connectivity index (χ0) is 23.2. The molecule has 0 atom stereocenters. The third-order valence-corrected chi connectivity index (χ3v) is 5.77. The minimum Gasteiger partial charge on any atom is -0.508 e. The first-order chi connectivity index (χ1) is 16.5. The van der Waals surface area contributed by atoms with E-state index in [2.05, 4.69) is 19.9 Å². The fourth-order valence-corrected chi connectivity index (χ4v) is 3.98. The van der Waals surface area contributed by atoms with E-state index in [-0.39, 0.29) is 17.3 Å². The molecule has 34 heavy (non-hydrogen) atoms. The molecule has 7 heteroatoms. The Kier molecular flexibility index (Phi) is 4.41. The number of nitrogens with zero attached hydrogens (tertiary/aromatic N) is 2. The van der Waals surface area contributed by atoms with Gasteiger partial charge in [0.1, 0.15) is 23.1 Å². The van der Waals surface area contributed by atoms with E-state index in [4.69, 9.17) is 0 Å². The molecule has 7 nitrogen and oxygen atoms in total. The predicted molar refractivity (Wildman–Crippen MR) is 130 cm³/mol. The number of rotatable bonds is 4. The number of carbonyl (C=O) groups is 1. The van der Waals surface area contributed by atoms with Crippen LogP contribution < -0.4 is 0 Å². The molecule has 6 aromatic rings. The second-order valence-corrected chi connectivity index (χ2v) is 8.06. The highest BCUT2D eigenvalue weighted by molar-refractivity contribution is 6.11. The van der Waals surface area contributed by atoms with Crippen molar-refractivity contribution in [1.82, 2.24) is 19.9 Å². The molecule has 0 fully saturated rings. The van der Waals surface area contributed by atoms with Crippen molar-refractivity contribution in [2.24, 2.45) is 0 Å². The molecule has 0 aliphatic rings. The Morgan fingerprint density at radius 3 is 1.41 bits per heavy atom. The number of aromatic hydroxyl groups is 2. The summed E-state index contributed by atoms with van der Waals surface area (Å²) in [7, 11) is 0. The first-order valence-corrected chi connectivity index (χ1v) is 10.7. The van der Waals surface area contributed by atoms with Crippen LogP contribution in [0.25, 0.3) is 44.8 Å². The molecule has 2 heterocycles. The van der Waals surface area contributed by atoms with E-state index in [1.807, 2.05) is 12.1 Å². The van der Waals surface area contributed by atoms with Gasteiger partial charge in [-0.05, 0) is 84.9 Å². The number of ketones is 1. The summed E-state index contributed by atoms with van der Waals surface area (Å²) in [5.41, 5.74) is 5.80. The molecule has 0 amide bonds. The standard InChI is InChI=1S/C27H18N4O3/c32-19-7-1-15(2-8-19)26-28-21-11-5-17(13-23(21)30-26)25(34)18-6-12-22-24(14-18)31-27(29-22)16-3-9-20(33)10-4-16/h1-14,32-33H,(H,28,30)(H,29,31). The van der Waals surface area contributed by atoms with E-state index < -0.39 is 0 Å². The maximum atomic E-state index is 13.2. The molecule has 164 valence electrons. The third kappa shape index (κ3) is 3.45. The minimum atomic E-state index is -0.106. The lowest BCUT2D eigenvalue weighted by Crippen LogP contribution is -2.01. The number of hydrogen-bond donors (Lipinski definition) is 4. The number of aromatic amines is 2. The highest BCUT2D eigenvalue weighted by Crippen LogP contribution is 2.26. The van der Waals surface area contributed by atoms with Crippen molar-refractivity contribution >= 4 is 27.9 Å². The quantitative estimate of drug-likeness (QED) is 0.270. The lowest BCUT2D eigenvalue weighted by molar-refractivity contribution is 0.103. The van der Waals surface area contributed by atoms with Gasteiger partial charge < -0.3 is 20.2 Å². The van der Waals surface area contributed by atoms with Crippen LogP contribution in [0.5, 0.6) is 11.5 Å². The average Bonchev–Trinajstić information content (AvgIpc) is 3.48. The number of nitrogens with one attached hydrogen (secondary N) is 2. The minimum absolute atomic E-state index is 0.106. The highest BCUT2D eigenvalue weighted by atomic mass is 16.3. The van der Waals surface area contributed by atoms with E-state index in [9.17, 15) is 15.0 Å². The van der Waals surface area contributed by atoms with E-state index in [0.29, 0.717) is 22.8 Å². The number of fused-ring (bicyclic) bond motifs is 2. The van der Waals surface area contributed by atoms with Crippen molar-refractivity contribution in [2.45, 2.75) is 0 Å². The molecule has 0 spiro atoms. The maximum absolute atomic E-state index is 13.2. The van der Waals surface area contributed by atoms with Crippen molar-refractivity contribution < 1.29 is 15.0 Å². The molecule has 0 saturated heterocycles. The van der Waals surface area contributed by atoms with Crippen molar-refractivity contribution in [2.75, 3.05) is 0 Å². The molecule has 0 bridgehead atoms. The molecule has 0 radical (unpaired) electrons. The van der Waals surface area contributed by atoms with E-state index in [1.54, 1.807) is 72.8 Å². The van der Waals surface area contributed by atoms with Crippen molar-refractivity contribution in [1.29, 1.82) is 0 Å². The lowest BCUT2D eigenvalue weighted by atomic mass is 10.0. The normalized spacial score (nSPS) is 11.3. The van der Waals surface area contributed by atoms with Gasteiger partial charge in [0.05, 0.1) is 22.1 Å². The van der Waals surface area contributed by atoms with Gasteiger partial charge in [-0.15, -0.1) is 0 Å². The molecular formula is C27H18N4O3. The maximum Gasteiger partial charge on any atom is 0.193 e. The first kappa shape index (κ1) is 19.8. The molecule has 4 N–H and O–H groups in total. The summed E-state index contributed by atoms with van der Waals surface area (Å²) in [6.07, 6.45) is 0. The van der Waals surface area contributed by atoms with Crippen LogP contribution in [0, 0.1) is 0 Å². The number of H-pyrrole nitrogens is 2. The van der Waals surface area contributed by atoms with E-state index >= 15 is 0 Å². The summed E-state index contributed by atoms with van der Waals surface area (Å²) >= 11 is 0. The van der Waals surface area contributed by atoms with Gasteiger partial charge in [0.2, 0.25) is 0 Å². The van der Waals surface area contributed by atoms with Crippen LogP contribution in [-0.4, -0.2) is 35.9 Å². The van der Waals surface area contributed by atoms with Gasteiger partial charge in [-0.25, -0.2) is 9.97 Å². The zero-order valence-electron chi connectivity index (χ0n) is 17.8. The molecule has 0 saturated carbocycles. The third-order valence-electron chi connectivity index (χ3n) is 5.77. The van der Waals surface area contributed by atoms with E-state index in [1.165, 1.54) is 0 Å². The lowest BCUT2D eigenvalue weighted by Gasteiger charge is -2.01. The Hall–Kier alpha value is -4.91. The summed E-state index contributed by atoms with van der Waals surface area (Å²) in [6, 6.07) is 24.3. The van der Waals surface area contributed by atoms with Crippen LogP contribution in [0.15, 0.2) is 84.9 Å². The van der Waals surface area contributed by atoms with Gasteiger partial charge in [-0.2, -0.15) is 0 Å². The van der Waals surface area contributed by atoms with Crippen LogP contribution in [-0.2, 0) is 0 Å². The summed E-state index contributed by atoms with van der Waals surface area (Å²) < 4.78 is 0. The second kappa shape index (κ2) is 7.60. The molecule has 0 unspecified atom stereocenters. The van der Waals surface area contributed by atoms with Gasteiger partial charge in [-0.3, -0.25) is 4.79 Å². The van der Waals surface area contributed by atoms with Gasteiger partial charge in [0.25, 0.3) is 0 Å². The SMILES string of the molecule is O=C(c1ccc2nc(-c3ccc(O)cc3)[nH]c2c1)c1ccc2nc(-c3ccc(O)cc3)[nH]c2c1. The largest absolute Gasteiger partial charge is 0.508 e. The number of imidazole rings is 2. The first-order valence-electron chi connectivity index (χ1n) is 10.7. The van der Waals surface area contributed by atoms with Crippen LogP contribution in [0.1, 0.15) is 15.9 Å². The number of phenolic OH excluding ortho intramolecular Hbond substituents is 2. The molecular weight excluding hydrogens is 428 g/mol. The Morgan fingerprint density at radius 1 is 0.588 bits per heavy atom. The Morgan fingerprint density at radius 2 is 1.00 bits per heavy atom. The smallest absolute Gasteiger partial charge is 0.193 e. The zero-order valence-corrected chi connectivity index (χ0v) is 17.8. The van der Waals surface area contributed by atoms with Gasteiger partial charge in [-0.1, -0.05) is 0 Å². The van der Waals surface area contributed by atoms with Crippen molar-refractivity contribution in [3.05, 3.63) is 96.1 Å². The molecule has 2 aromatic heterocycles. The number of carbonyl (C=O) groups excluding carboxylic acids is 1. The van der Waals surface area contributed by atoms with Gasteiger partial charge >= 0.3 is 0 Å². The van der Waals surface area contributed by atoms with Crippen molar-refractivity contribution in [3.63, 3.8) is 0 Å². The van der Waals surface area contributed by atoms with Crippen LogP contribution in [0.3, 0.4) is 0 Å². The Labute approximate surface area is 193 Å². The summed E-state index contributed by atoms with van der Waals surface area (Å²) in [4.78, 5) is 28.9. The number of phenols is 2. The van der Waals surface area contributed by atoms with E-state index in [0.717, 1.165) is 33.2 Å². The number of hydrogen-bond acceptors (Lipinski definition) is 5. The molecule has 0 aliphatic carbocycles. The fourth-order valence-electron chi connectivity index (χ4n) is 3.98. The Bertz CT molecular complexity index is 1550. The van der Waals surface area contributed by atoms with Crippen LogP contribution in [0.2, 0.25) is 0 Å². The van der Waals surface area contributed by atoms with Crippen molar-refractivity contribution in [3.8, 4) is 34.3 Å². The fraction of sp³-hybridized carbons (Fsp3) is 0. The highest BCUT2D eigenvalue weighted by Gasteiger charge is 2.14. The molecule has 6 rings (SSSR count). The number of aromatic nitrogens is 4. The summed E-state index contributed by atoms with van der Waals surface area (Å²) in [6.45, 7) is 0. The second-order valence-electron chi connectivity index (χ2n) is 8.06.